The second kappa shape index (κ2) is 7.56. The summed E-state index contributed by atoms with van der Waals surface area (Å²) < 4.78 is 1.58. The maximum absolute atomic E-state index is 12.4. The molecule has 3 rings (SSSR count). The van der Waals surface area contributed by atoms with E-state index < -0.39 is 0 Å². The van der Waals surface area contributed by atoms with Crippen molar-refractivity contribution in [3.05, 3.63) is 62.3 Å². The van der Waals surface area contributed by atoms with Crippen molar-refractivity contribution >= 4 is 45.6 Å². The van der Waals surface area contributed by atoms with Crippen LogP contribution in [-0.4, -0.2) is 20.7 Å². The molecular formula is C17H16Cl2N4OS. The van der Waals surface area contributed by atoms with Gasteiger partial charge in [-0.15, -0.1) is 11.3 Å². The van der Waals surface area contributed by atoms with Crippen LogP contribution in [0.2, 0.25) is 10.0 Å². The lowest BCUT2D eigenvalue weighted by atomic mass is 10.1. The van der Waals surface area contributed by atoms with Crippen LogP contribution in [0.3, 0.4) is 0 Å². The van der Waals surface area contributed by atoms with Gasteiger partial charge in [-0.1, -0.05) is 42.3 Å². The van der Waals surface area contributed by atoms with E-state index >= 15 is 0 Å². The fourth-order valence-electron chi connectivity index (χ4n) is 2.39. The van der Waals surface area contributed by atoms with Crippen LogP contribution in [0.4, 0.5) is 5.13 Å². The first-order valence-corrected chi connectivity index (χ1v) is 9.27. The average molecular weight is 395 g/mol. The van der Waals surface area contributed by atoms with Gasteiger partial charge in [0.05, 0.1) is 15.7 Å². The molecule has 2 aromatic heterocycles. The van der Waals surface area contributed by atoms with Crippen molar-refractivity contribution in [1.29, 1.82) is 0 Å². The molecule has 8 heteroatoms. The summed E-state index contributed by atoms with van der Waals surface area (Å²) in [5, 5.41) is 8.71. The molecule has 0 aliphatic carbocycles. The highest BCUT2D eigenvalue weighted by molar-refractivity contribution is 7.15. The van der Waals surface area contributed by atoms with Crippen LogP contribution >= 0.6 is 34.5 Å². The van der Waals surface area contributed by atoms with Crippen molar-refractivity contribution in [2.45, 2.75) is 19.8 Å². The molecule has 1 N–H and O–H groups in total. The topological polar surface area (TPSA) is 59.8 Å². The van der Waals surface area contributed by atoms with Gasteiger partial charge >= 0.3 is 0 Å². The molecule has 0 bridgehead atoms. The zero-order valence-corrected chi connectivity index (χ0v) is 16.0. The van der Waals surface area contributed by atoms with Crippen LogP contribution in [0.25, 0.3) is 0 Å². The number of halogens is 2. The number of anilines is 1. The lowest BCUT2D eigenvalue weighted by Crippen LogP contribution is -2.15. The van der Waals surface area contributed by atoms with Gasteiger partial charge in [-0.05, 0) is 24.1 Å². The van der Waals surface area contributed by atoms with Gasteiger partial charge in [0.1, 0.15) is 5.69 Å². The van der Waals surface area contributed by atoms with E-state index in [9.17, 15) is 4.79 Å². The predicted molar refractivity (Wildman–Crippen MR) is 102 cm³/mol. The molecule has 130 valence electrons. The van der Waals surface area contributed by atoms with Crippen molar-refractivity contribution in [3.63, 3.8) is 0 Å². The number of carbonyl (C=O) groups is 1. The second-order valence-corrected chi connectivity index (χ2v) is 7.37. The van der Waals surface area contributed by atoms with Crippen LogP contribution in [-0.2, 0) is 19.9 Å². The molecule has 0 saturated heterocycles. The van der Waals surface area contributed by atoms with E-state index in [4.69, 9.17) is 23.2 Å². The van der Waals surface area contributed by atoms with Crippen LogP contribution in [0.1, 0.15) is 33.5 Å². The summed E-state index contributed by atoms with van der Waals surface area (Å²) in [6, 6.07) is 7.33. The smallest absolute Gasteiger partial charge is 0.275 e. The number of hydrogen-bond donors (Lipinski definition) is 1. The number of rotatable bonds is 5. The molecule has 25 heavy (non-hydrogen) atoms. The van der Waals surface area contributed by atoms with Crippen molar-refractivity contribution in [2.75, 3.05) is 5.32 Å². The van der Waals surface area contributed by atoms with E-state index in [0.717, 1.165) is 22.6 Å². The van der Waals surface area contributed by atoms with Gasteiger partial charge in [-0.3, -0.25) is 14.8 Å². The average Bonchev–Trinajstić information content (AvgIpc) is 3.18. The first kappa shape index (κ1) is 17.9. The fraction of sp³-hybridized carbons (Fsp3) is 0.235. The predicted octanol–water partition coefficient (Wildman–Crippen LogP) is 4.59. The Morgan fingerprint density at radius 2 is 2.16 bits per heavy atom. The number of aromatic nitrogens is 3. The van der Waals surface area contributed by atoms with Crippen LogP contribution in [0, 0.1) is 0 Å². The molecule has 5 nitrogen and oxygen atoms in total. The molecule has 0 unspecified atom stereocenters. The number of aryl methyl sites for hydroxylation is 2. The fourth-order valence-corrected chi connectivity index (χ4v) is 3.61. The minimum atomic E-state index is -0.226. The third kappa shape index (κ3) is 4.03. The number of nitrogens with zero attached hydrogens (tertiary/aromatic N) is 3. The Labute approximate surface area is 159 Å². The summed E-state index contributed by atoms with van der Waals surface area (Å²) >= 11 is 13.7. The number of benzene rings is 1. The molecule has 1 aromatic carbocycles. The summed E-state index contributed by atoms with van der Waals surface area (Å²) in [4.78, 5) is 17.6. The van der Waals surface area contributed by atoms with Crippen molar-refractivity contribution < 1.29 is 4.79 Å². The highest BCUT2D eigenvalue weighted by atomic mass is 35.5. The number of amides is 1. The van der Waals surface area contributed by atoms with Crippen molar-refractivity contribution in [3.8, 4) is 0 Å². The summed E-state index contributed by atoms with van der Waals surface area (Å²) in [6.45, 7) is 2.00. The summed E-state index contributed by atoms with van der Waals surface area (Å²) in [5.41, 5.74) is 2.31. The largest absolute Gasteiger partial charge is 0.296 e. The zero-order valence-electron chi connectivity index (χ0n) is 13.7. The molecule has 0 spiro atoms. The minimum Gasteiger partial charge on any atom is -0.296 e. The number of thiazole rings is 1. The maximum atomic E-state index is 12.4. The Morgan fingerprint density at radius 1 is 1.36 bits per heavy atom. The zero-order chi connectivity index (χ0) is 18.0. The van der Waals surface area contributed by atoms with Gasteiger partial charge in [0.15, 0.2) is 5.13 Å². The van der Waals surface area contributed by atoms with Crippen LogP contribution < -0.4 is 5.32 Å². The maximum Gasteiger partial charge on any atom is 0.275 e. The standard InChI is InChI=1S/C17H16Cl2N4OS/c1-3-11-8-14(23(2)22-11)16(24)21-17-20-9-12(25-17)7-10-5-4-6-13(18)15(10)19/h4-6,8-9H,3,7H2,1-2H3,(H,20,21,24). The van der Waals surface area contributed by atoms with Gasteiger partial charge < -0.3 is 0 Å². The lowest BCUT2D eigenvalue weighted by Gasteiger charge is -2.03. The normalized spacial score (nSPS) is 10.9. The Balaban J connectivity index is 1.72. The minimum absolute atomic E-state index is 0.226. The summed E-state index contributed by atoms with van der Waals surface area (Å²) in [7, 11) is 1.75. The van der Waals surface area contributed by atoms with Gasteiger partial charge in [0.25, 0.3) is 5.91 Å². The molecule has 0 aliphatic heterocycles. The third-order valence-corrected chi connectivity index (χ3v) is 5.47. The second-order valence-electron chi connectivity index (χ2n) is 5.47. The highest BCUT2D eigenvalue weighted by Gasteiger charge is 2.15. The molecule has 0 fully saturated rings. The van der Waals surface area contributed by atoms with E-state index in [0.29, 0.717) is 27.3 Å². The summed E-state index contributed by atoms with van der Waals surface area (Å²) in [6.07, 6.45) is 3.12. The van der Waals surface area contributed by atoms with E-state index in [1.165, 1.54) is 11.3 Å². The van der Waals surface area contributed by atoms with Crippen LogP contribution in [0.15, 0.2) is 30.5 Å². The quantitative estimate of drug-likeness (QED) is 0.688. The SMILES string of the molecule is CCc1cc(C(=O)Nc2ncc(Cc3cccc(Cl)c3Cl)s2)n(C)n1. The van der Waals surface area contributed by atoms with Gasteiger partial charge in [-0.25, -0.2) is 4.98 Å². The summed E-state index contributed by atoms with van der Waals surface area (Å²) in [5.74, 6) is -0.226. The van der Waals surface area contributed by atoms with Gasteiger partial charge in [0, 0.05) is 24.5 Å². The molecule has 0 atom stereocenters. The third-order valence-electron chi connectivity index (χ3n) is 3.70. The van der Waals surface area contributed by atoms with E-state index in [-0.39, 0.29) is 5.91 Å². The Kier molecular flexibility index (Phi) is 5.42. The molecule has 1 amide bonds. The first-order chi connectivity index (χ1) is 12.0. The van der Waals surface area contributed by atoms with E-state index in [1.807, 2.05) is 19.1 Å². The van der Waals surface area contributed by atoms with Gasteiger partial charge in [-0.2, -0.15) is 5.10 Å². The van der Waals surface area contributed by atoms with Crippen molar-refractivity contribution in [2.24, 2.45) is 7.05 Å². The molecule has 0 aliphatic rings. The van der Waals surface area contributed by atoms with Gasteiger partial charge in [0.2, 0.25) is 0 Å². The first-order valence-electron chi connectivity index (χ1n) is 7.69. The lowest BCUT2D eigenvalue weighted by molar-refractivity contribution is 0.101. The van der Waals surface area contributed by atoms with E-state index in [2.05, 4.69) is 15.4 Å². The van der Waals surface area contributed by atoms with Crippen molar-refractivity contribution in [1.82, 2.24) is 14.8 Å². The molecule has 2 heterocycles. The molecule has 0 saturated carbocycles. The molecule has 0 radical (unpaired) electrons. The van der Waals surface area contributed by atoms with E-state index in [1.54, 1.807) is 30.1 Å². The number of nitrogens with one attached hydrogen (secondary N) is 1. The monoisotopic (exact) mass is 394 g/mol. The number of hydrogen-bond acceptors (Lipinski definition) is 4. The highest BCUT2D eigenvalue weighted by Crippen LogP contribution is 2.29. The number of carbonyl (C=O) groups excluding carboxylic acids is 1. The Bertz CT molecular complexity index is 919. The Hall–Kier alpha value is -1.89. The molecular weight excluding hydrogens is 379 g/mol. The molecule has 3 aromatic rings. The van der Waals surface area contributed by atoms with Crippen LogP contribution in [0.5, 0.6) is 0 Å². The Morgan fingerprint density at radius 3 is 2.88 bits per heavy atom.